The smallest absolute Gasteiger partial charge is 0.262 e. The van der Waals surface area contributed by atoms with Gasteiger partial charge in [-0.3, -0.25) is 9.59 Å². The predicted molar refractivity (Wildman–Crippen MR) is 77.8 cm³/mol. The second-order valence-electron chi connectivity index (χ2n) is 4.36. The van der Waals surface area contributed by atoms with Crippen molar-refractivity contribution >= 4 is 29.4 Å². The number of hydrogen-bond acceptors (Lipinski definition) is 5. The monoisotopic (exact) mass is 301 g/mol. The highest BCUT2D eigenvalue weighted by molar-refractivity contribution is 7.13. The first-order valence-electron chi connectivity index (χ1n) is 6.26. The highest BCUT2D eigenvalue weighted by atomic mass is 32.1. The van der Waals surface area contributed by atoms with Crippen molar-refractivity contribution in [2.75, 3.05) is 0 Å². The van der Waals surface area contributed by atoms with Crippen LogP contribution in [0, 0.1) is 5.92 Å². The average molecular weight is 301 g/mol. The van der Waals surface area contributed by atoms with E-state index >= 15 is 0 Å². The lowest BCUT2D eigenvalue weighted by Crippen LogP contribution is -2.34. The van der Waals surface area contributed by atoms with Gasteiger partial charge in [-0.25, -0.2) is 4.99 Å². The number of nitrogens with one attached hydrogen (secondary N) is 1. The molecule has 2 aromatic heterocycles. The molecule has 0 bridgehead atoms. The maximum absolute atomic E-state index is 11.9. The molecule has 1 aliphatic rings. The molecular formula is C14H11N3O3S. The number of nitrogens with zero attached hydrogens (tertiary/aromatic N) is 2. The van der Waals surface area contributed by atoms with E-state index < -0.39 is 17.7 Å². The molecule has 0 radical (unpaired) electrons. The molecule has 1 unspecified atom stereocenters. The number of carbonyl (C=O) groups excluding carboxylic acids is 2. The number of aliphatic imine (C=N–C) groups is 1. The van der Waals surface area contributed by atoms with E-state index in [0.717, 1.165) is 4.88 Å². The van der Waals surface area contributed by atoms with E-state index in [2.05, 4.69) is 15.5 Å². The van der Waals surface area contributed by atoms with Crippen LogP contribution >= 0.6 is 11.3 Å². The fraction of sp³-hybridized carbons (Fsp3) is 0.143. The summed E-state index contributed by atoms with van der Waals surface area (Å²) in [6.07, 6.45) is 4.47. The zero-order valence-electron chi connectivity index (χ0n) is 10.9. The van der Waals surface area contributed by atoms with Gasteiger partial charge in [0.25, 0.3) is 5.91 Å². The van der Waals surface area contributed by atoms with E-state index in [4.69, 9.17) is 4.52 Å². The maximum atomic E-state index is 11.9. The van der Waals surface area contributed by atoms with Crippen LogP contribution in [0.15, 0.2) is 45.2 Å². The van der Waals surface area contributed by atoms with Gasteiger partial charge in [-0.05, 0) is 17.5 Å². The summed E-state index contributed by atoms with van der Waals surface area (Å²) in [5.41, 5.74) is 0.600. The van der Waals surface area contributed by atoms with E-state index in [1.54, 1.807) is 23.5 Å². The molecule has 1 aliphatic heterocycles. The van der Waals surface area contributed by atoms with E-state index in [9.17, 15) is 9.59 Å². The predicted octanol–water partition coefficient (Wildman–Crippen LogP) is 1.80. The van der Waals surface area contributed by atoms with Crippen molar-refractivity contribution in [2.45, 2.75) is 6.54 Å². The Labute approximate surface area is 124 Å². The van der Waals surface area contributed by atoms with Crippen molar-refractivity contribution in [2.24, 2.45) is 10.9 Å². The summed E-state index contributed by atoms with van der Waals surface area (Å²) in [4.78, 5) is 27.9. The first-order valence-corrected chi connectivity index (χ1v) is 7.14. The highest BCUT2D eigenvalue weighted by Gasteiger charge is 2.24. The summed E-state index contributed by atoms with van der Waals surface area (Å²) < 4.78 is 5.21. The topological polar surface area (TPSA) is 84.6 Å². The minimum atomic E-state index is -0.862. The number of allylic oxidation sites excluding steroid dienone is 1. The second kappa shape index (κ2) is 5.84. The lowest BCUT2D eigenvalue weighted by Gasteiger charge is -2.10. The number of thiophene rings is 1. The van der Waals surface area contributed by atoms with Crippen LogP contribution in [0.25, 0.3) is 10.6 Å². The Morgan fingerprint density at radius 3 is 3.14 bits per heavy atom. The molecule has 0 spiro atoms. The molecule has 0 aliphatic carbocycles. The average Bonchev–Trinajstić information content (AvgIpc) is 3.16. The zero-order valence-corrected chi connectivity index (χ0v) is 11.7. The van der Waals surface area contributed by atoms with Crippen LogP contribution in [-0.2, 0) is 16.1 Å². The molecule has 6 nitrogen and oxygen atoms in total. The maximum Gasteiger partial charge on any atom is 0.262 e. The first kappa shape index (κ1) is 13.4. The van der Waals surface area contributed by atoms with E-state index in [-0.39, 0.29) is 6.54 Å². The number of rotatable bonds is 4. The van der Waals surface area contributed by atoms with Gasteiger partial charge in [0.15, 0.2) is 5.76 Å². The number of carbonyl (C=O) groups is 2. The van der Waals surface area contributed by atoms with Gasteiger partial charge in [-0.15, -0.1) is 11.3 Å². The Morgan fingerprint density at radius 1 is 1.48 bits per heavy atom. The van der Waals surface area contributed by atoms with Gasteiger partial charge >= 0.3 is 0 Å². The van der Waals surface area contributed by atoms with Gasteiger partial charge < -0.3 is 9.84 Å². The van der Waals surface area contributed by atoms with Gasteiger partial charge in [0, 0.05) is 12.3 Å². The Bertz CT molecular complexity index is 716. The SMILES string of the molecule is O=C1N=CC=CC1C(=O)NCc1cc(-c2cccs2)on1. The van der Waals surface area contributed by atoms with E-state index in [0.29, 0.717) is 11.5 Å². The summed E-state index contributed by atoms with van der Waals surface area (Å²) in [5, 5.41) is 8.49. The summed E-state index contributed by atoms with van der Waals surface area (Å²) in [7, 11) is 0. The third kappa shape index (κ3) is 2.97. The van der Waals surface area contributed by atoms with Gasteiger partial charge in [-0.1, -0.05) is 17.3 Å². The highest BCUT2D eigenvalue weighted by Crippen LogP contribution is 2.25. The third-order valence-electron chi connectivity index (χ3n) is 2.91. The van der Waals surface area contributed by atoms with Gasteiger partial charge in [0.2, 0.25) is 5.91 Å². The normalized spacial score (nSPS) is 17.1. The van der Waals surface area contributed by atoms with Gasteiger partial charge in [0.1, 0.15) is 11.6 Å². The fourth-order valence-electron chi connectivity index (χ4n) is 1.86. The van der Waals surface area contributed by atoms with Crippen LogP contribution < -0.4 is 5.32 Å². The van der Waals surface area contributed by atoms with E-state index in [1.165, 1.54) is 12.3 Å². The van der Waals surface area contributed by atoms with Crippen LogP contribution in [-0.4, -0.2) is 23.2 Å². The Morgan fingerprint density at radius 2 is 2.38 bits per heavy atom. The minimum absolute atomic E-state index is 0.203. The summed E-state index contributed by atoms with van der Waals surface area (Å²) >= 11 is 1.55. The molecule has 0 saturated carbocycles. The lowest BCUT2D eigenvalue weighted by molar-refractivity contribution is -0.131. The quantitative estimate of drug-likeness (QED) is 0.873. The van der Waals surface area contributed by atoms with Crippen molar-refractivity contribution in [3.63, 3.8) is 0 Å². The summed E-state index contributed by atoms with van der Waals surface area (Å²) in [6.45, 7) is 0.203. The molecule has 3 heterocycles. The van der Waals surface area contributed by atoms with Crippen LogP contribution in [0.3, 0.4) is 0 Å². The third-order valence-corrected chi connectivity index (χ3v) is 3.79. The van der Waals surface area contributed by atoms with Crippen molar-refractivity contribution in [3.05, 3.63) is 41.4 Å². The Hall–Kier alpha value is -2.54. The number of dihydropyridines is 1. The van der Waals surface area contributed by atoms with Gasteiger partial charge in [0.05, 0.1) is 11.4 Å². The van der Waals surface area contributed by atoms with E-state index in [1.807, 2.05) is 17.5 Å². The largest absolute Gasteiger partial charge is 0.355 e. The fourth-order valence-corrected chi connectivity index (χ4v) is 2.53. The molecule has 21 heavy (non-hydrogen) atoms. The number of aromatic nitrogens is 1. The Balaban J connectivity index is 1.60. The first-order chi connectivity index (χ1) is 10.2. The van der Waals surface area contributed by atoms with Crippen LogP contribution in [0.4, 0.5) is 0 Å². The van der Waals surface area contributed by atoms with Gasteiger partial charge in [-0.2, -0.15) is 0 Å². The molecule has 3 rings (SSSR count). The molecule has 0 saturated heterocycles. The standard InChI is InChI=1S/C14H11N3O3S/c18-13-10(3-1-5-15-13)14(19)16-8-9-7-11(20-17-9)12-4-2-6-21-12/h1-7,10H,8H2,(H,16,19). The van der Waals surface area contributed by atoms with Crippen molar-refractivity contribution in [1.29, 1.82) is 0 Å². The molecular weight excluding hydrogens is 290 g/mol. The number of amides is 2. The minimum Gasteiger partial charge on any atom is -0.355 e. The van der Waals surface area contributed by atoms with Crippen molar-refractivity contribution < 1.29 is 14.1 Å². The second-order valence-corrected chi connectivity index (χ2v) is 5.30. The van der Waals surface area contributed by atoms with Crippen molar-refractivity contribution in [1.82, 2.24) is 10.5 Å². The molecule has 0 aromatic carbocycles. The molecule has 1 N–H and O–H groups in total. The molecule has 106 valence electrons. The van der Waals surface area contributed by atoms with Crippen LogP contribution in [0.5, 0.6) is 0 Å². The zero-order chi connectivity index (χ0) is 14.7. The summed E-state index contributed by atoms with van der Waals surface area (Å²) in [5.74, 6) is -1.06. The Kier molecular flexibility index (Phi) is 3.74. The molecule has 2 amide bonds. The molecule has 7 heteroatoms. The van der Waals surface area contributed by atoms with Crippen LogP contribution in [0.1, 0.15) is 5.69 Å². The summed E-state index contributed by atoms with van der Waals surface area (Å²) in [6, 6.07) is 5.62. The van der Waals surface area contributed by atoms with Crippen molar-refractivity contribution in [3.8, 4) is 10.6 Å². The molecule has 2 aromatic rings. The number of hydrogen-bond donors (Lipinski definition) is 1. The molecule has 0 fully saturated rings. The lowest BCUT2D eigenvalue weighted by atomic mass is 10.1. The molecule has 1 atom stereocenters. The van der Waals surface area contributed by atoms with Crippen LogP contribution in [0.2, 0.25) is 0 Å².